The minimum absolute atomic E-state index is 0.000121. The Morgan fingerprint density at radius 3 is 2.71 bits per heavy atom. The molecule has 1 aliphatic heterocycles. The highest BCUT2D eigenvalue weighted by Gasteiger charge is 2.42. The van der Waals surface area contributed by atoms with Crippen molar-refractivity contribution in [2.24, 2.45) is 11.3 Å². The van der Waals surface area contributed by atoms with Gasteiger partial charge < -0.3 is 24.7 Å². The van der Waals surface area contributed by atoms with E-state index in [9.17, 15) is 9.59 Å². The predicted molar refractivity (Wildman–Crippen MR) is 140 cm³/mol. The highest BCUT2D eigenvalue weighted by Crippen LogP contribution is 2.39. The Kier molecular flexibility index (Phi) is 6.85. The van der Waals surface area contributed by atoms with Gasteiger partial charge in [0.15, 0.2) is 0 Å². The van der Waals surface area contributed by atoms with Gasteiger partial charge in [0.1, 0.15) is 35.7 Å². The number of aryl methyl sites for hydroxylation is 2. The fourth-order valence-corrected chi connectivity index (χ4v) is 5.09. The number of likely N-dealkylation sites (tertiary alicyclic amines) is 1. The molecule has 0 radical (unpaired) electrons. The third kappa shape index (κ3) is 4.84. The number of amides is 2. The SMILES string of the molecule is COCC(=O)N1C[C@@H](NC(=O)c2c(C)[nH]c3c(-c4c(OCC5CC5)ccc(C)c4F)ncnc23)C(C)(C)C1. The third-order valence-corrected chi connectivity index (χ3v) is 7.57. The first kappa shape index (κ1) is 26.1. The normalized spacial score (nSPS) is 18.7. The van der Waals surface area contributed by atoms with Crippen molar-refractivity contribution in [3.63, 3.8) is 0 Å². The average Bonchev–Trinajstić information content (AvgIpc) is 3.56. The van der Waals surface area contributed by atoms with E-state index in [1.165, 1.54) is 13.4 Å². The Hall–Kier alpha value is -3.53. The first-order valence-corrected chi connectivity index (χ1v) is 12.9. The van der Waals surface area contributed by atoms with Crippen LogP contribution in [0.2, 0.25) is 0 Å². The molecule has 0 spiro atoms. The van der Waals surface area contributed by atoms with Crippen molar-refractivity contribution in [2.75, 3.05) is 33.4 Å². The van der Waals surface area contributed by atoms with E-state index < -0.39 is 5.82 Å². The summed E-state index contributed by atoms with van der Waals surface area (Å²) in [6, 6.07) is 3.20. The zero-order valence-electron chi connectivity index (χ0n) is 22.5. The van der Waals surface area contributed by atoms with Crippen molar-refractivity contribution in [1.82, 2.24) is 25.2 Å². The molecule has 5 rings (SSSR count). The van der Waals surface area contributed by atoms with E-state index in [0.717, 1.165) is 12.8 Å². The van der Waals surface area contributed by atoms with Crippen LogP contribution in [0, 0.1) is 31.0 Å². The van der Waals surface area contributed by atoms with Crippen LogP contribution in [0.1, 0.15) is 48.3 Å². The Morgan fingerprint density at radius 1 is 1.24 bits per heavy atom. The fourth-order valence-electron chi connectivity index (χ4n) is 5.09. The van der Waals surface area contributed by atoms with Gasteiger partial charge in [-0.25, -0.2) is 14.4 Å². The van der Waals surface area contributed by atoms with E-state index in [0.29, 0.717) is 64.9 Å². The van der Waals surface area contributed by atoms with Crippen LogP contribution >= 0.6 is 0 Å². The quantitative estimate of drug-likeness (QED) is 0.465. The van der Waals surface area contributed by atoms with Crippen molar-refractivity contribution in [1.29, 1.82) is 0 Å². The summed E-state index contributed by atoms with van der Waals surface area (Å²) in [5.74, 6) is 0.0865. The van der Waals surface area contributed by atoms with Gasteiger partial charge in [-0.2, -0.15) is 0 Å². The molecule has 1 saturated carbocycles. The second-order valence-electron chi connectivity index (χ2n) is 11.1. The molecule has 1 aliphatic carbocycles. The lowest BCUT2D eigenvalue weighted by Crippen LogP contribution is -2.44. The number of aromatic nitrogens is 3. The summed E-state index contributed by atoms with van der Waals surface area (Å²) in [7, 11) is 1.49. The van der Waals surface area contributed by atoms with E-state index in [1.54, 1.807) is 30.9 Å². The molecule has 2 aliphatic rings. The fraction of sp³-hybridized carbons (Fsp3) is 0.500. The number of methoxy groups -OCH3 is 1. The molecule has 2 N–H and O–H groups in total. The average molecular weight is 524 g/mol. The number of carbonyl (C=O) groups excluding carboxylic acids is 2. The highest BCUT2D eigenvalue weighted by molar-refractivity contribution is 6.09. The first-order valence-electron chi connectivity index (χ1n) is 12.9. The number of ether oxygens (including phenoxy) is 2. The summed E-state index contributed by atoms with van der Waals surface area (Å²) in [6.45, 7) is 8.95. The predicted octanol–water partition coefficient (Wildman–Crippen LogP) is 3.78. The number of benzene rings is 1. The van der Waals surface area contributed by atoms with Crippen LogP contribution in [0.3, 0.4) is 0 Å². The Morgan fingerprint density at radius 2 is 2.00 bits per heavy atom. The van der Waals surface area contributed by atoms with Gasteiger partial charge in [-0.1, -0.05) is 19.9 Å². The van der Waals surface area contributed by atoms with E-state index in [2.05, 4.69) is 20.3 Å². The molecule has 1 aromatic carbocycles. The molecule has 3 aromatic rings. The lowest BCUT2D eigenvalue weighted by Gasteiger charge is -2.26. The summed E-state index contributed by atoms with van der Waals surface area (Å²) in [6.07, 6.45) is 3.58. The molecule has 0 unspecified atom stereocenters. The second-order valence-corrected chi connectivity index (χ2v) is 11.1. The van der Waals surface area contributed by atoms with Crippen LogP contribution in [0.5, 0.6) is 5.75 Å². The van der Waals surface area contributed by atoms with Crippen molar-refractivity contribution in [3.8, 4) is 17.0 Å². The van der Waals surface area contributed by atoms with E-state index in [4.69, 9.17) is 9.47 Å². The van der Waals surface area contributed by atoms with E-state index in [1.807, 2.05) is 13.8 Å². The number of nitrogens with one attached hydrogen (secondary N) is 2. The number of aromatic amines is 1. The highest BCUT2D eigenvalue weighted by atomic mass is 19.1. The Balaban J connectivity index is 1.48. The minimum atomic E-state index is -0.412. The second kappa shape index (κ2) is 9.98. The molecule has 1 atom stereocenters. The standard InChI is InChI=1S/C28H34FN5O4/c1-15-6-9-18(38-11-17-7-8-17)22(23(15)29)25-26-24(30-14-31-25)21(16(2)32-26)27(36)33-19-10-34(13-28(19,3)4)20(35)12-37-5/h6,9,14,17,19,32H,7-8,10-13H2,1-5H3,(H,33,36)/t19-/m1/s1. The molecule has 3 heterocycles. The summed E-state index contributed by atoms with van der Waals surface area (Å²) in [5.41, 5.74) is 2.59. The number of rotatable bonds is 8. The van der Waals surface area contributed by atoms with Crippen LogP contribution in [-0.2, 0) is 9.53 Å². The monoisotopic (exact) mass is 523 g/mol. The van der Waals surface area contributed by atoms with Gasteiger partial charge in [-0.05, 0) is 44.2 Å². The van der Waals surface area contributed by atoms with Gasteiger partial charge >= 0.3 is 0 Å². The molecule has 2 fully saturated rings. The Bertz CT molecular complexity index is 1400. The van der Waals surface area contributed by atoms with E-state index >= 15 is 4.39 Å². The van der Waals surface area contributed by atoms with Crippen molar-refractivity contribution < 1.29 is 23.5 Å². The Labute approximate surface area is 221 Å². The van der Waals surface area contributed by atoms with E-state index in [-0.39, 0.29) is 35.4 Å². The molecule has 2 amide bonds. The zero-order valence-corrected chi connectivity index (χ0v) is 22.5. The summed E-state index contributed by atoms with van der Waals surface area (Å²) < 4.78 is 26.5. The summed E-state index contributed by atoms with van der Waals surface area (Å²) in [4.78, 5) is 39.7. The van der Waals surface area contributed by atoms with Crippen LogP contribution in [0.25, 0.3) is 22.3 Å². The van der Waals surface area contributed by atoms with Gasteiger partial charge in [0, 0.05) is 31.3 Å². The van der Waals surface area contributed by atoms with Crippen LogP contribution in [0.15, 0.2) is 18.5 Å². The largest absolute Gasteiger partial charge is 0.492 e. The molecular formula is C28H34FN5O4. The molecule has 38 heavy (non-hydrogen) atoms. The number of H-pyrrole nitrogens is 1. The number of fused-ring (bicyclic) bond motifs is 1. The van der Waals surface area contributed by atoms with Gasteiger partial charge in [-0.15, -0.1) is 0 Å². The summed E-state index contributed by atoms with van der Waals surface area (Å²) in [5, 5.41) is 3.11. The van der Waals surface area contributed by atoms with Crippen molar-refractivity contribution >= 4 is 22.8 Å². The molecule has 0 bridgehead atoms. The van der Waals surface area contributed by atoms with Gasteiger partial charge in [0.05, 0.1) is 29.3 Å². The van der Waals surface area contributed by atoms with Gasteiger partial charge in [0.2, 0.25) is 5.91 Å². The molecule has 1 saturated heterocycles. The number of hydrogen-bond donors (Lipinski definition) is 2. The van der Waals surface area contributed by atoms with Crippen LogP contribution in [-0.4, -0.2) is 71.1 Å². The molecular weight excluding hydrogens is 489 g/mol. The smallest absolute Gasteiger partial charge is 0.255 e. The van der Waals surface area contributed by atoms with Crippen LogP contribution < -0.4 is 10.1 Å². The first-order chi connectivity index (χ1) is 18.1. The number of carbonyl (C=O) groups is 2. The number of hydrogen-bond acceptors (Lipinski definition) is 6. The molecule has 9 nitrogen and oxygen atoms in total. The van der Waals surface area contributed by atoms with Crippen molar-refractivity contribution in [3.05, 3.63) is 41.1 Å². The van der Waals surface area contributed by atoms with Gasteiger partial charge in [-0.3, -0.25) is 9.59 Å². The molecule has 202 valence electrons. The maximum Gasteiger partial charge on any atom is 0.255 e. The molecule has 2 aromatic heterocycles. The maximum absolute atomic E-state index is 15.5. The maximum atomic E-state index is 15.5. The zero-order chi connectivity index (χ0) is 27.2. The number of halogens is 1. The molecule has 10 heteroatoms. The van der Waals surface area contributed by atoms with Crippen molar-refractivity contribution in [2.45, 2.75) is 46.6 Å². The minimum Gasteiger partial charge on any atom is -0.492 e. The topological polar surface area (TPSA) is 109 Å². The summed E-state index contributed by atoms with van der Waals surface area (Å²) >= 11 is 0. The lowest BCUT2D eigenvalue weighted by atomic mass is 9.87. The third-order valence-electron chi connectivity index (χ3n) is 7.57. The van der Waals surface area contributed by atoms with Gasteiger partial charge in [0.25, 0.3) is 5.91 Å². The van der Waals surface area contributed by atoms with Crippen LogP contribution in [0.4, 0.5) is 4.39 Å². The number of nitrogens with zero attached hydrogens (tertiary/aromatic N) is 3. The lowest BCUT2D eigenvalue weighted by molar-refractivity contribution is -0.134.